The van der Waals surface area contributed by atoms with Gasteiger partial charge in [-0.2, -0.15) is 5.26 Å². The van der Waals surface area contributed by atoms with E-state index in [1.165, 1.54) is 23.8 Å². The van der Waals surface area contributed by atoms with E-state index in [-0.39, 0.29) is 17.3 Å². The maximum atomic E-state index is 11.1. The Morgan fingerprint density at radius 1 is 0.976 bits per heavy atom. The number of benzene rings is 2. The summed E-state index contributed by atoms with van der Waals surface area (Å²) in [4.78, 5) is 20.4. The molecule has 42 heavy (non-hydrogen) atoms. The standard InChI is InChI=1S/C23H34N2.C12H13NO2.C2H6/c1-9-15-24-18(4)17(3)16-20-11-13-21(14-12-20)22(10-2)25-19(5)23(6,7)8;1-8(2)15-12-5-4-10(9(3)14)6-11(12)7-13;1-2/h9-15,17H,16H2,1-8H3;4-6,8H,1-3H3;1-2H3/b15-9-,22-10-,24-18?,25-19?;;/t17-;;/m0../s1. The molecule has 5 heteroatoms. The van der Waals surface area contributed by atoms with Crippen molar-refractivity contribution >= 4 is 22.9 Å². The van der Waals surface area contributed by atoms with Crippen LogP contribution in [-0.2, 0) is 6.42 Å². The summed E-state index contributed by atoms with van der Waals surface area (Å²) in [6, 6.07) is 15.7. The van der Waals surface area contributed by atoms with E-state index in [0.29, 0.717) is 22.8 Å². The molecule has 1 atom stereocenters. The lowest BCUT2D eigenvalue weighted by molar-refractivity contribution is 0.101. The molecular formula is C37H53N3O2. The minimum atomic E-state index is -0.0532. The minimum absolute atomic E-state index is 0.0141. The second-order valence-electron chi connectivity index (χ2n) is 11.2. The molecule has 0 heterocycles. The molecule has 0 amide bonds. The monoisotopic (exact) mass is 571 g/mol. The van der Waals surface area contributed by atoms with Gasteiger partial charge in [0.2, 0.25) is 0 Å². The Hall–Kier alpha value is -3.78. The van der Waals surface area contributed by atoms with Crippen molar-refractivity contribution < 1.29 is 9.53 Å². The maximum Gasteiger partial charge on any atom is 0.159 e. The third kappa shape index (κ3) is 13.7. The van der Waals surface area contributed by atoms with Crippen LogP contribution in [0, 0.1) is 22.7 Å². The van der Waals surface area contributed by atoms with Crippen LogP contribution < -0.4 is 4.74 Å². The molecule has 0 fully saturated rings. The topological polar surface area (TPSA) is 74.8 Å². The maximum absolute atomic E-state index is 11.1. The van der Waals surface area contributed by atoms with Gasteiger partial charge in [-0.25, -0.2) is 0 Å². The molecule has 0 N–H and O–H groups in total. The normalized spacial score (nSPS) is 13.0. The predicted octanol–water partition coefficient (Wildman–Crippen LogP) is 10.3. The molecule has 0 saturated carbocycles. The molecule has 2 rings (SSSR count). The van der Waals surface area contributed by atoms with Crippen molar-refractivity contribution in [2.75, 3.05) is 0 Å². The highest BCUT2D eigenvalue weighted by molar-refractivity contribution is 5.94. The molecule has 0 unspecified atom stereocenters. The number of nitriles is 1. The van der Waals surface area contributed by atoms with Crippen molar-refractivity contribution in [2.45, 2.75) is 103 Å². The van der Waals surface area contributed by atoms with E-state index in [0.717, 1.165) is 17.8 Å². The number of carbonyl (C=O) groups excluding carboxylic acids is 1. The highest BCUT2D eigenvalue weighted by Gasteiger charge is 2.15. The molecule has 0 spiro atoms. The Kier molecular flexibility index (Phi) is 17.6. The lowest BCUT2D eigenvalue weighted by Gasteiger charge is -2.19. The fourth-order valence-corrected chi connectivity index (χ4v) is 3.47. The van der Waals surface area contributed by atoms with Gasteiger partial charge < -0.3 is 4.74 Å². The number of allylic oxidation sites excluding steroid dienone is 2. The van der Waals surface area contributed by atoms with Gasteiger partial charge in [0, 0.05) is 23.2 Å². The fourth-order valence-electron chi connectivity index (χ4n) is 3.47. The summed E-state index contributed by atoms with van der Waals surface area (Å²) in [7, 11) is 0. The van der Waals surface area contributed by atoms with Gasteiger partial charge in [-0.05, 0) is 95.5 Å². The quantitative estimate of drug-likeness (QED) is 0.222. The van der Waals surface area contributed by atoms with Crippen molar-refractivity contribution in [2.24, 2.45) is 21.3 Å². The summed E-state index contributed by atoms with van der Waals surface area (Å²) in [5.41, 5.74) is 6.88. The lowest BCUT2D eigenvalue weighted by atomic mass is 9.91. The zero-order valence-corrected chi connectivity index (χ0v) is 28.3. The number of hydrogen-bond acceptors (Lipinski definition) is 5. The van der Waals surface area contributed by atoms with Gasteiger partial charge in [-0.3, -0.25) is 14.8 Å². The van der Waals surface area contributed by atoms with Crippen molar-refractivity contribution in [1.82, 2.24) is 0 Å². The van der Waals surface area contributed by atoms with Gasteiger partial charge >= 0.3 is 0 Å². The van der Waals surface area contributed by atoms with Gasteiger partial charge in [-0.15, -0.1) is 0 Å². The Labute approximate surface area is 256 Å². The zero-order chi connectivity index (χ0) is 32.5. The summed E-state index contributed by atoms with van der Waals surface area (Å²) in [5.74, 6) is 0.907. The van der Waals surface area contributed by atoms with E-state index in [1.54, 1.807) is 18.2 Å². The molecular weight excluding hydrogens is 518 g/mol. The summed E-state index contributed by atoms with van der Waals surface area (Å²) in [6.45, 7) is 26.3. The number of aliphatic imine (C=N–C) groups is 2. The molecule has 0 aromatic heterocycles. The molecule has 0 aliphatic heterocycles. The largest absolute Gasteiger partial charge is 0.490 e. The first-order valence-corrected chi connectivity index (χ1v) is 14.9. The third-order valence-corrected chi connectivity index (χ3v) is 6.45. The molecule has 2 aromatic carbocycles. The average Bonchev–Trinajstić information content (AvgIpc) is 2.95. The van der Waals surface area contributed by atoms with Crippen molar-refractivity contribution in [3.8, 4) is 11.8 Å². The van der Waals surface area contributed by atoms with E-state index < -0.39 is 0 Å². The van der Waals surface area contributed by atoms with Gasteiger partial charge in [0.15, 0.2) is 5.78 Å². The number of ether oxygens (including phenoxy) is 1. The Morgan fingerprint density at radius 2 is 1.55 bits per heavy atom. The Balaban J connectivity index is 0.000000841. The first kappa shape index (κ1) is 38.2. The first-order valence-electron chi connectivity index (χ1n) is 14.9. The molecule has 5 nitrogen and oxygen atoms in total. The van der Waals surface area contributed by atoms with Crippen LogP contribution in [0.1, 0.15) is 117 Å². The van der Waals surface area contributed by atoms with Gasteiger partial charge in [0.1, 0.15) is 11.8 Å². The van der Waals surface area contributed by atoms with Crippen molar-refractivity contribution in [3.05, 3.63) is 83.1 Å². The van der Waals surface area contributed by atoms with Crippen LogP contribution in [-0.4, -0.2) is 23.3 Å². The van der Waals surface area contributed by atoms with E-state index in [4.69, 9.17) is 15.0 Å². The Morgan fingerprint density at radius 3 is 2.00 bits per heavy atom. The Bertz CT molecular complexity index is 1280. The average molecular weight is 572 g/mol. The number of carbonyl (C=O) groups is 1. The van der Waals surface area contributed by atoms with Crippen LogP contribution >= 0.6 is 0 Å². The zero-order valence-electron chi connectivity index (χ0n) is 28.3. The second-order valence-corrected chi connectivity index (χ2v) is 11.2. The highest BCUT2D eigenvalue weighted by atomic mass is 16.5. The SMILES string of the molecule is C/C=C\N=C(C)[C@@H](C)Cc1ccc(/C(=C/C)N=C(C)C(C)(C)C)cc1.CC.CC(=O)c1ccc(OC(C)C)c(C#N)c1. The van der Waals surface area contributed by atoms with Gasteiger partial charge in [0.05, 0.1) is 17.4 Å². The molecule has 0 aliphatic carbocycles. The fraction of sp³-hybridized carbons (Fsp3) is 0.459. The number of hydrogen-bond donors (Lipinski definition) is 0. The highest BCUT2D eigenvalue weighted by Crippen LogP contribution is 2.23. The summed E-state index contributed by atoms with van der Waals surface area (Å²) in [6.07, 6.45) is 6.93. The summed E-state index contributed by atoms with van der Waals surface area (Å²) in [5, 5.41) is 8.90. The number of nitrogens with zero attached hydrogens (tertiary/aromatic N) is 3. The smallest absolute Gasteiger partial charge is 0.159 e. The van der Waals surface area contributed by atoms with Crippen LogP contribution in [0.5, 0.6) is 5.75 Å². The number of ketones is 1. The summed E-state index contributed by atoms with van der Waals surface area (Å²) >= 11 is 0. The molecule has 0 aliphatic rings. The van der Waals surface area contributed by atoms with E-state index in [2.05, 4.69) is 76.9 Å². The predicted molar refractivity (Wildman–Crippen MR) is 182 cm³/mol. The molecule has 0 radical (unpaired) electrons. The van der Waals surface area contributed by atoms with Crippen molar-refractivity contribution in [3.63, 3.8) is 0 Å². The van der Waals surface area contributed by atoms with Crippen LogP contribution in [0.25, 0.3) is 5.70 Å². The number of rotatable bonds is 9. The van der Waals surface area contributed by atoms with E-state index in [1.807, 2.05) is 59.9 Å². The van der Waals surface area contributed by atoms with E-state index >= 15 is 0 Å². The van der Waals surface area contributed by atoms with Crippen LogP contribution in [0.3, 0.4) is 0 Å². The van der Waals surface area contributed by atoms with E-state index in [9.17, 15) is 4.79 Å². The molecule has 0 bridgehead atoms. The van der Waals surface area contributed by atoms with Gasteiger partial charge in [-0.1, -0.05) is 78.0 Å². The van der Waals surface area contributed by atoms with Crippen LogP contribution in [0.15, 0.2) is 70.8 Å². The van der Waals surface area contributed by atoms with Crippen LogP contribution in [0.4, 0.5) is 0 Å². The van der Waals surface area contributed by atoms with Gasteiger partial charge in [0.25, 0.3) is 0 Å². The van der Waals surface area contributed by atoms with Crippen molar-refractivity contribution in [1.29, 1.82) is 5.26 Å². The number of Topliss-reactive ketones (excluding diaryl/α,β-unsaturated/α-hetero) is 1. The molecule has 0 saturated heterocycles. The molecule has 2 aromatic rings. The second kappa shape index (κ2) is 19.4. The first-order chi connectivity index (χ1) is 19.7. The minimum Gasteiger partial charge on any atom is -0.490 e. The summed E-state index contributed by atoms with van der Waals surface area (Å²) < 4.78 is 5.44. The molecule has 228 valence electrons. The van der Waals surface area contributed by atoms with Crippen LogP contribution in [0.2, 0.25) is 0 Å². The third-order valence-electron chi connectivity index (χ3n) is 6.45. The lowest BCUT2D eigenvalue weighted by Crippen LogP contribution is -2.16.